The van der Waals surface area contributed by atoms with Crippen molar-refractivity contribution in [2.75, 3.05) is 0 Å². The van der Waals surface area contributed by atoms with Crippen LogP contribution in [0.1, 0.15) is 18.1 Å². The molecule has 0 radical (unpaired) electrons. The van der Waals surface area contributed by atoms with Gasteiger partial charge >= 0.3 is 0 Å². The van der Waals surface area contributed by atoms with Crippen LogP contribution in [0, 0.1) is 34.0 Å². The fourth-order valence-electron chi connectivity index (χ4n) is 3.64. The quantitative estimate of drug-likeness (QED) is 0.697. The normalized spacial score (nSPS) is 19.3. The van der Waals surface area contributed by atoms with E-state index < -0.39 is 5.60 Å². The van der Waals surface area contributed by atoms with E-state index in [1.165, 1.54) is 0 Å². The molecule has 0 aromatic heterocycles. The number of benzene rings is 2. The van der Waals surface area contributed by atoms with Crippen molar-refractivity contribution >= 4 is 6.08 Å². The predicted octanol–water partition coefficient (Wildman–Crippen LogP) is 4.75. The lowest BCUT2D eigenvalue weighted by atomic mass is 9.87. The standard InChI is InChI=1S/C23H13N3O/c1-15-20(14-26)22(19(12-24)13-25)27-23(15)10-9-18-11-17(7-8-21(18)23)16-5-3-2-4-6-16/h2-11H,1H3. The largest absolute Gasteiger partial charge is 0.470 e. The lowest BCUT2D eigenvalue weighted by Gasteiger charge is -2.26. The Morgan fingerprint density at radius 1 is 0.963 bits per heavy atom. The molecule has 1 heterocycles. The van der Waals surface area contributed by atoms with Gasteiger partial charge < -0.3 is 4.74 Å². The zero-order chi connectivity index (χ0) is 19.0. The van der Waals surface area contributed by atoms with Gasteiger partial charge in [0.2, 0.25) is 0 Å². The Bertz CT molecular complexity index is 1160. The number of allylic oxidation sites excluding steroid dienone is 2. The molecular formula is C23H13N3O. The van der Waals surface area contributed by atoms with Gasteiger partial charge in [0.25, 0.3) is 0 Å². The number of fused-ring (bicyclic) bond motifs is 2. The molecule has 0 N–H and O–H groups in total. The van der Waals surface area contributed by atoms with Crippen LogP contribution >= 0.6 is 0 Å². The molecule has 1 aliphatic heterocycles. The summed E-state index contributed by atoms with van der Waals surface area (Å²) in [6, 6.07) is 21.9. The molecule has 27 heavy (non-hydrogen) atoms. The second kappa shape index (κ2) is 6.03. The third-order valence-corrected chi connectivity index (χ3v) is 5.04. The average molecular weight is 347 g/mol. The summed E-state index contributed by atoms with van der Waals surface area (Å²) in [6.45, 7) is 1.81. The molecule has 0 fully saturated rings. The minimum Gasteiger partial charge on any atom is -0.470 e. The molecule has 1 unspecified atom stereocenters. The maximum Gasteiger partial charge on any atom is 0.176 e. The third kappa shape index (κ3) is 2.27. The van der Waals surface area contributed by atoms with Crippen LogP contribution in [0.15, 0.2) is 77.1 Å². The van der Waals surface area contributed by atoms with Crippen molar-refractivity contribution in [3.8, 4) is 29.3 Å². The van der Waals surface area contributed by atoms with Gasteiger partial charge in [-0.25, -0.2) is 0 Å². The van der Waals surface area contributed by atoms with Crippen molar-refractivity contribution in [3.05, 3.63) is 88.2 Å². The van der Waals surface area contributed by atoms with Gasteiger partial charge in [0.05, 0.1) is 5.57 Å². The summed E-state index contributed by atoms with van der Waals surface area (Å²) in [6.07, 6.45) is 3.85. The van der Waals surface area contributed by atoms with Gasteiger partial charge in [0.15, 0.2) is 16.9 Å². The second-order valence-corrected chi connectivity index (χ2v) is 6.38. The summed E-state index contributed by atoms with van der Waals surface area (Å²) in [7, 11) is 0. The van der Waals surface area contributed by atoms with Gasteiger partial charge in [-0.2, -0.15) is 15.8 Å². The summed E-state index contributed by atoms with van der Waals surface area (Å²) in [4.78, 5) is 0. The number of nitrogens with zero attached hydrogens (tertiary/aromatic N) is 3. The molecule has 0 bridgehead atoms. The average Bonchev–Trinajstić information content (AvgIpc) is 3.22. The molecule has 1 atom stereocenters. The number of hydrogen-bond donors (Lipinski definition) is 0. The molecule has 2 aliphatic rings. The van der Waals surface area contributed by atoms with Crippen LogP contribution in [0.25, 0.3) is 17.2 Å². The van der Waals surface area contributed by atoms with E-state index in [0.29, 0.717) is 5.57 Å². The van der Waals surface area contributed by atoms with Crippen LogP contribution in [-0.4, -0.2) is 0 Å². The first-order valence-corrected chi connectivity index (χ1v) is 8.39. The first-order chi connectivity index (χ1) is 13.1. The molecule has 4 nitrogen and oxygen atoms in total. The van der Waals surface area contributed by atoms with Gasteiger partial charge in [0.1, 0.15) is 18.2 Å². The van der Waals surface area contributed by atoms with Crippen molar-refractivity contribution in [1.82, 2.24) is 0 Å². The lowest BCUT2D eigenvalue weighted by Crippen LogP contribution is -2.22. The minimum atomic E-state index is -0.941. The monoisotopic (exact) mass is 347 g/mol. The molecule has 2 aromatic carbocycles. The number of ether oxygens (including phenoxy) is 1. The summed E-state index contributed by atoms with van der Waals surface area (Å²) in [5, 5.41) is 28.0. The van der Waals surface area contributed by atoms with E-state index in [4.69, 9.17) is 4.74 Å². The van der Waals surface area contributed by atoms with E-state index >= 15 is 0 Å². The topological polar surface area (TPSA) is 80.6 Å². The van der Waals surface area contributed by atoms with E-state index in [9.17, 15) is 15.8 Å². The van der Waals surface area contributed by atoms with Gasteiger partial charge in [0, 0.05) is 11.1 Å². The maximum absolute atomic E-state index is 9.57. The fraction of sp³-hybridized carbons (Fsp3) is 0.0870. The van der Waals surface area contributed by atoms with E-state index in [1.54, 1.807) is 0 Å². The lowest BCUT2D eigenvalue weighted by molar-refractivity contribution is 0.104. The molecule has 4 heteroatoms. The predicted molar refractivity (Wildman–Crippen MR) is 100 cm³/mol. The highest BCUT2D eigenvalue weighted by molar-refractivity contribution is 5.76. The van der Waals surface area contributed by atoms with Crippen LogP contribution in [0.2, 0.25) is 0 Å². The van der Waals surface area contributed by atoms with Crippen LogP contribution in [0.5, 0.6) is 0 Å². The minimum absolute atomic E-state index is 0.0598. The summed E-state index contributed by atoms with van der Waals surface area (Å²) < 4.78 is 6.09. The van der Waals surface area contributed by atoms with E-state index in [-0.39, 0.29) is 16.9 Å². The Morgan fingerprint density at radius 2 is 1.70 bits per heavy atom. The van der Waals surface area contributed by atoms with E-state index in [1.807, 2.05) is 73.7 Å². The van der Waals surface area contributed by atoms with Gasteiger partial charge in [-0.15, -0.1) is 0 Å². The molecule has 126 valence electrons. The number of hydrogen-bond acceptors (Lipinski definition) is 4. The van der Waals surface area contributed by atoms with E-state index in [0.717, 1.165) is 22.3 Å². The van der Waals surface area contributed by atoms with Crippen LogP contribution in [0.3, 0.4) is 0 Å². The Labute approximate surface area is 157 Å². The first kappa shape index (κ1) is 16.4. The van der Waals surface area contributed by atoms with Crippen molar-refractivity contribution in [3.63, 3.8) is 0 Å². The highest BCUT2D eigenvalue weighted by Gasteiger charge is 2.47. The van der Waals surface area contributed by atoms with Gasteiger partial charge in [-0.1, -0.05) is 48.5 Å². The molecule has 0 saturated heterocycles. The van der Waals surface area contributed by atoms with Gasteiger partial charge in [-0.3, -0.25) is 0 Å². The smallest absolute Gasteiger partial charge is 0.176 e. The van der Waals surface area contributed by atoms with Gasteiger partial charge in [-0.05, 0) is 35.8 Å². The van der Waals surface area contributed by atoms with Crippen molar-refractivity contribution in [1.29, 1.82) is 15.8 Å². The Kier molecular flexibility index (Phi) is 3.66. The van der Waals surface area contributed by atoms with Crippen molar-refractivity contribution in [2.45, 2.75) is 12.5 Å². The summed E-state index contributed by atoms with van der Waals surface area (Å²) in [5.41, 5.74) is 3.89. The number of rotatable bonds is 1. The van der Waals surface area contributed by atoms with Crippen LogP contribution < -0.4 is 0 Å². The highest BCUT2D eigenvalue weighted by Crippen LogP contribution is 2.51. The Balaban J connectivity index is 1.87. The molecule has 4 rings (SSSR count). The van der Waals surface area contributed by atoms with Crippen molar-refractivity contribution in [2.24, 2.45) is 0 Å². The second-order valence-electron chi connectivity index (χ2n) is 6.38. The SMILES string of the molecule is CC1=C(C#N)C(=C(C#N)C#N)OC12C=Cc1cc(-c3ccccc3)ccc12. The molecule has 1 spiro atoms. The molecule has 2 aromatic rings. The molecule has 1 aliphatic carbocycles. The Hall–Kier alpha value is -4.07. The molecular weight excluding hydrogens is 334 g/mol. The summed E-state index contributed by atoms with van der Waals surface area (Å²) in [5.74, 6) is 0.0598. The maximum atomic E-state index is 9.57. The van der Waals surface area contributed by atoms with Crippen LogP contribution in [0.4, 0.5) is 0 Å². The summed E-state index contributed by atoms with van der Waals surface area (Å²) >= 11 is 0. The third-order valence-electron chi connectivity index (χ3n) is 5.04. The van der Waals surface area contributed by atoms with Crippen molar-refractivity contribution < 1.29 is 4.74 Å². The Morgan fingerprint density at radius 3 is 2.37 bits per heavy atom. The van der Waals surface area contributed by atoms with Crippen LogP contribution in [-0.2, 0) is 10.3 Å². The number of nitriles is 3. The van der Waals surface area contributed by atoms with E-state index in [2.05, 4.69) is 12.1 Å². The molecule has 0 saturated carbocycles. The first-order valence-electron chi connectivity index (χ1n) is 8.39. The fourth-order valence-corrected chi connectivity index (χ4v) is 3.64. The molecule has 0 amide bonds. The zero-order valence-electron chi connectivity index (χ0n) is 14.5. The highest BCUT2D eigenvalue weighted by atomic mass is 16.5. The zero-order valence-corrected chi connectivity index (χ0v) is 14.5.